The number of carbonyl (C=O) groups is 1. The summed E-state index contributed by atoms with van der Waals surface area (Å²) in [7, 11) is 0. The Morgan fingerprint density at radius 2 is 2.04 bits per heavy atom. The zero-order valence-corrected chi connectivity index (χ0v) is 14.9. The summed E-state index contributed by atoms with van der Waals surface area (Å²) in [5.74, 6) is -0.127. The molecule has 1 aliphatic heterocycles. The van der Waals surface area contributed by atoms with Gasteiger partial charge in [0.1, 0.15) is 0 Å². The summed E-state index contributed by atoms with van der Waals surface area (Å²) in [6.07, 6.45) is 8.28. The van der Waals surface area contributed by atoms with Crippen LogP contribution in [0.15, 0.2) is 24.5 Å². The van der Waals surface area contributed by atoms with Crippen molar-refractivity contribution in [1.29, 1.82) is 0 Å². The van der Waals surface area contributed by atoms with Crippen LogP contribution in [-0.4, -0.2) is 57.1 Å². The van der Waals surface area contributed by atoms with Crippen LogP contribution < -0.4 is 10.2 Å². The van der Waals surface area contributed by atoms with Crippen molar-refractivity contribution in [1.82, 2.24) is 14.9 Å². The Labute approximate surface area is 152 Å². The Balaban J connectivity index is 1.49. The fourth-order valence-corrected chi connectivity index (χ4v) is 4.04. The number of carbonyl (C=O) groups excluding carboxylic acids is 1. The van der Waals surface area contributed by atoms with Crippen molar-refractivity contribution < 1.29 is 15.0 Å². The van der Waals surface area contributed by atoms with Crippen LogP contribution in [0.25, 0.3) is 5.52 Å². The van der Waals surface area contributed by atoms with E-state index < -0.39 is 5.60 Å². The van der Waals surface area contributed by atoms with E-state index in [1.807, 2.05) is 18.3 Å². The normalized spacial score (nSPS) is 26.4. The number of pyridine rings is 1. The molecule has 0 aromatic carbocycles. The molecule has 140 valence electrons. The Bertz CT molecular complexity index is 789. The van der Waals surface area contributed by atoms with Crippen LogP contribution in [0.2, 0.25) is 0 Å². The van der Waals surface area contributed by atoms with Crippen LogP contribution in [-0.2, 0) is 0 Å². The number of aliphatic hydroxyl groups is 2. The molecule has 3 N–H and O–H groups in total. The zero-order valence-electron chi connectivity index (χ0n) is 14.9. The fraction of sp³-hybridized carbons (Fsp3) is 0.579. The first kappa shape index (κ1) is 17.3. The van der Waals surface area contributed by atoms with E-state index in [1.54, 1.807) is 10.7 Å². The van der Waals surface area contributed by atoms with Crippen molar-refractivity contribution in [3.63, 3.8) is 0 Å². The molecule has 1 saturated carbocycles. The van der Waals surface area contributed by atoms with E-state index in [0.29, 0.717) is 31.2 Å². The highest BCUT2D eigenvalue weighted by Crippen LogP contribution is 2.28. The van der Waals surface area contributed by atoms with Gasteiger partial charge in [-0.05, 0) is 50.7 Å². The molecule has 0 unspecified atom stereocenters. The second kappa shape index (κ2) is 6.89. The lowest BCUT2D eigenvalue weighted by Gasteiger charge is -2.34. The maximum atomic E-state index is 12.8. The molecule has 26 heavy (non-hydrogen) atoms. The second-order valence-electron chi connectivity index (χ2n) is 7.60. The monoisotopic (exact) mass is 358 g/mol. The number of nitrogens with one attached hydrogen (secondary N) is 1. The van der Waals surface area contributed by atoms with Crippen LogP contribution >= 0.6 is 0 Å². The van der Waals surface area contributed by atoms with Gasteiger partial charge in [0.25, 0.3) is 5.91 Å². The van der Waals surface area contributed by atoms with Crippen molar-refractivity contribution in [2.24, 2.45) is 0 Å². The minimum atomic E-state index is -0.990. The lowest BCUT2D eigenvalue weighted by Crippen LogP contribution is -2.45. The predicted molar refractivity (Wildman–Crippen MR) is 98.4 cm³/mol. The first-order valence-electron chi connectivity index (χ1n) is 9.44. The third-order valence-corrected chi connectivity index (χ3v) is 5.77. The van der Waals surface area contributed by atoms with Crippen molar-refractivity contribution >= 4 is 17.1 Å². The number of rotatable bonds is 4. The van der Waals surface area contributed by atoms with Crippen molar-refractivity contribution in [2.45, 2.75) is 50.2 Å². The number of fused-ring (bicyclic) bond motifs is 1. The number of anilines is 1. The molecule has 7 nitrogen and oxygen atoms in total. The summed E-state index contributed by atoms with van der Waals surface area (Å²) in [6.45, 7) is 1.89. The molecule has 4 rings (SSSR count). The van der Waals surface area contributed by atoms with Gasteiger partial charge in [0.2, 0.25) is 0 Å². The first-order valence-corrected chi connectivity index (χ1v) is 9.44. The molecule has 2 aliphatic rings. The predicted octanol–water partition coefficient (Wildman–Crippen LogP) is 1.33. The second-order valence-corrected chi connectivity index (χ2v) is 7.60. The maximum Gasteiger partial charge on any atom is 0.255 e. The molecule has 2 fully saturated rings. The third-order valence-electron chi connectivity index (χ3n) is 5.77. The lowest BCUT2D eigenvalue weighted by molar-refractivity contribution is -0.0468. The minimum Gasteiger partial charge on any atom is -0.393 e. The van der Waals surface area contributed by atoms with Crippen LogP contribution in [0.4, 0.5) is 5.69 Å². The molecule has 2 aromatic heterocycles. The standard InChI is InChI=1S/C19H26N4O3/c24-13-19(26)6-3-14(4-7-19)21-18(25)16-12-20-23-10-5-15(11-17(16)23)22-8-1-2-9-22/h5,10-12,14,24,26H,1-4,6-9,13H2,(H,21,25). The number of nitrogens with zero attached hydrogens (tertiary/aromatic N) is 3. The lowest BCUT2D eigenvalue weighted by atomic mass is 9.83. The Hall–Kier alpha value is -2.12. The molecular weight excluding hydrogens is 332 g/mol. The topological polar surface area (TPSA) is 90.1 Å². The quantitative estimate of drug-likeness (QED) is 0.767. The maximum absolute atomic E-state index is 12.8. The van der Waals surface area contributed by atoms with Gasteiger partial charge in [0.15, 0.2) is 0 Å². The van der Waals surface area contributed by atoms with Gasteiger partial charge in [-0.3, -0.25) is 4.79 Å². The minimum absolute atomic E-state index is 0.0195. The number of aliphatic hydroxyl groups excluding tert-OH is 1. The highest BCUT2D eigenvalue weighted by molar-refractivity contribution is 6.01. The van der Waals surface area contributed by atoms with E-state index in [9.17, 15) is 15.0 Å². The molecule has 0 radical (unpaired) electrons. The Morgan fingerprint density at radius 1 is 1.31 bits per heavy atom. The average molecular weight is 358 g/mol. The number of aromatic nitrogens is 2. The Kier molecular flexibility index (Phi) is 4.58. The molecule has 0 atom stereocenters. The van der Waals surface area contributed by atoms with E-state index in [0.717, 1.165) is 24.3 Å². The molecular formula is C19H26N4O3. The summed E-state index contributed by atoms with van der Waals surface area (Å²) >= 11 is 0. The molecule has 3 heterocycles. The van der Waals surface area contributed by atoms with Crippen molar-refractivity contribution in [3.8, 4) is 0 Å². The zero-order chi connectivity index (χ0) is 18.1. The highest BCUT2D eigenvalue weighted by Gasteiger charge is 2.33. The number of hydrogen-bond donors (Lipinski definition) is 3. The Morgan fingerprint density at radius 3 is 2.73 bits per heavy atom. The fourth-order valence-electron chi connectivity index (χ4n) is 4.04. The SMILES string of the molecule is O=C(NC1CCC(O)(CO)CC1)c1cnn2ccc(N3CCCC3)cc12. The summed E-state index contributed by atoms with van der Waals surface area (Å²) in [6, 6.07) is 4.11. The molecule has 2 aromatic rings. The molecule has 1 amide bonds. The van der Waals surface area contributed by atoms with E-state index in [-0.39, 0.29) is 18.6 Å². The van der Waals surface area contributed by atoms with Crippen LogP contribution in [0, 0.1) is 0 Å². The van der Waals surface area contributed by atoms with Gasteiger partial charge in [-0.2, -0.15) is 5.10 Å². The number of amides is 1. The van der Waals surface area contributed by atoms with E-state index >= 15 is 0 Å². The van der Waals surface area contributed by atoms with Gasteiger partial charge in [0.05, 0.1) is 29.5 Å². The van der Waals surface area contributed by atoms with Crippen LogP contribution in [0.5, 0.6) is 0 Å². The van der Waals surface area contributed by atoms with Crippen molar-refractivity contribution in [2.75, 3.05) is 24.6 Å². The summed E-state index contributed by atoms with van der Waals surface area (Å²) in [5.41, 5.74) is 1.54. The van der Waals surface area contributed by atoms with Gasteiger partial charge in [-0.1, -0.05) is 0 Å². The van der Waals surface area contributed by atoms with Crippen molar-refractivity contribution in [3.05, 3.63) is 30.1 Å². The molecule has 0 spiro atoms. The van der Waals surface area contributed by atoms with Gasteiger partial charge < -0.3 is 20.4 Å². The largest absolute Gasteiger partial charge is 0.393 e. The smallest absolute Gasteiger partial charge is 0.255 e. The van der Waals surface area contributed by atoms with Gasteiger partial charge in [-0.25, -0.2) is 4.52 Å². The average Bonchev–Trinajstić information content (AvgIpc) is 3.33. The molecule has 1 aliphatic carbocycles. The summed E-state index contributed by atoms with van der Waals surface area (Å²) in [4.78, 5) is 15.1. The molecule has 0 bridgehead atoms. The van der Waals surface area contributed by atoms with Gasteiger partial charge >= 0.3 is 0 Å². The summed E-state index contributed by atoms with van der Waals surface area (Å²) in [5, 5.41) is 26.7. The van der Waals surface area contributed by atoms with E-state index in [1.165, 1.54) is 12.8 Å². The highest BCUT2D eigenvalue weighted by atomic mass is 16.3. The van der Waals surface area contributed by atoms with Crippen LogP contribution in [0.3, 0.4) is 0 Å². The van der Waals surface area contributed by atoms with E-state index in [2.05, 4.69) is 15.3 Å². The third kappa shape index (κ3) is 3.29. The summed E-state index contributed by atoms with van der Waals surface area (Å²) < 4.78 is 1.74. The number of hydrogen-bond acceptors (Lipinski definition) is 5. The van der Waals surface area contributed by atoms with Gasteiger partial charge in [-0.15, -0.1) is 0 Å². The van der Waals surface area contributed by atoms with Gasteiger partial charge in [0, 0.05) is 31.0 Å². The first-order chi connectivity index (χ1) is 12.6. The molecule has 1 saturated heterocycles. The van der Waals surface area contributed by atoms with E-state index in [4.69, 9.17) is 0 Å². The molecule has 7 heteroatoms. The van der Waals surface area contributed by atoms with Crippen LogP contribution in [0.1, 0.15) is 48.9 Å².